The van der Waals surface area contributed by atoms with E-state index in [1.54, 1.807) is 13.8 Å². The molecule has 0 aromatic rings. The van der Waals surface area contributed by atoms with Gasteiger partial charge in [-0.15, -0.1) is 0 Å². The van der Waals surface area contributed by atoms with Crippen molar-refractivity contribution in [2.45, 2.75) is 71.4 Å². The highest BCUT2D eigenvalue weighted by Gasteiger charge is 2.58. The second kappa shape index (κ2) is 5.58. The van der Waals surface area contributed by atoms with Crippen LogP contribution in [0.3, 0.4) is 0 Å². The lowest BCUT2D eigenvalue weighted by molar-refractivity contribution is -0.141. The van der Waals surface area contributed by atoms with Crippen LogP contribution in [0.2, 0.25) is 19.6 Å². The Morgan fingerprint density at radius 3 is 2.09 bits per heavy atom. The Bertz CT molecular complexity index is 472. The molecule has 1 aliphatic heterocycles. The van der Waals surface area contributed by atoms with Crippen LogP contribution in [0.1, 0.15) is 34.6 Å². The number of amides is 2. The molecule has 0 bridgehead atoms. The van der Waals surface area contributed by atoms with Gasteiger partial charge in [0, 0.05) is 0 Å². The van der Waals surface area contributed by atoms with E-state index in [0.717, 1.165) is 4.90 Å². The van der Waals surface area contributed by atoms with Crippen LogP contribution in [0, 0.1) is 11.8 Å². The molecule has 0 radical (unpaired) electrons. The first-order chi connectivity index (χ1) is 9.64. The standard InChI is InChI=1S/C15H27F2NO3Si/c1-9(2)11-14(4,5)21-13(20)18(11)12(19)10(3)15(16,17)22(6,7)8/h9-11H,1-8H3/t10-,11-/m0/s1. The first-order valence-electron chi connectivity index (χ1n) is 7.58. The van der Waals surface area contributed by atoms with Gasteiger partial charge in [-0.2, -0.15) is 0 Å². The summed E-state index contributed by atoms with van der Waals surface area (Å²) in [5.74, 6) is -2.47. The summed E-state index contributed by atoms with van der Waals surface area (Å²) < 4.78 is 34.3. The molecular formula is C15H27F2NO3Si. The van der Waals surface area contributed by atoms with E-state index in [2.05, 4.69) is 0 Å². The maximum Gasteiger partial charge on any atom is 0.417 e. The number of hydrogen-bond donors (Lipinski definition) is 0. The number of carbonyl (C=O) groups excluding carboxylic acids is 2. The highest BCUT2D eigenvalue weighted by atomic mass is 28.3. The first-order valence-corrected chi connectivity index (χ1v) is 11.1. The Balaban J connectivity index is 3.18. The molecule has 0 aromatic heterocycles. The fraction of sp³-hybridized carbons (Fsp3) is 0.867. The molecule has 1 fully saturated rings. The van der Waals surface area contributed by atoms with Crippen LogP contribution < -0.4 is 0 Å². The molecule has 1 aliphatic rings. The number of nitrogens with zero attached hydrogens (tertiary/aromatic N) is 1. The van der Waals surface area contributed by atoms with Crippen LogP contribution in [0.5, 0.6) is 0 Å². The molecule has 2 atom stereocenters. The molecule has 0 N–H and O–H groups in total. The quantitative estimate of drug-likeness (QED) is 0.732. The molecular weight excluding hydrogens is 308 g/mol. The van der Waals surface area contributed by atoms with Gasteiger partial charge >= 0.3 is 6.09 Å². The third-order valence-electron chi connectivity index (χ3n) is 4.32. The molecule has 128 valence electrons. The number of halogens is 2. The second-order valence-electron chi connectivity index (χ2n) is 7.96. The zero-order valence-electron chi connectivity index (χ0n) is 14.7. The van der Waals surface area contributed by atoms with Crippen LogP contribution in [0.4, 0.5) is 13.6 Å². The molecule has 4 nitrogen and oxygen atoms in total. The number of cyclic esters (lactones) is 1. The maximum atomic E-state index is 14.5. The Labute approximate surface area is 132 Å². The summed E-state index contributed by atoms with van der Waals surface area (Å²) in [5, 5.41) is 0. The molecule has 2 amide bonds. The Morgan fingerprint density at radius 1 is 1.27 bits per heavy atom. The topological polar surface area (TPSA) is 46.6 Å². The molecule has 0 aromatic carbocycles. The van der Waals surface area contributed by atoms with Gasteiger partial charge in [0.2, 0.25) is 11.5 Å². The number of imide groups is 1. The van der Waals surface area contributed by atoms with Gasteiger partial charge in [-0.25, -0.2) is 18.5 Å². The molecule has 22 heavy (non-hydrogen) atoms. The van der Waals surface area contributed by atoms with Crippen LogP contribution in [0.25, 0.3) is 0 Å². The van der Waals surface area contributed by atoms with E-state index >= 15 is 0 Å². The monoisotopic (exact) mass is 335 g/mol. The van der Waals surface area contributed by atoms with Gasteiger partial charge in [0.25, 0.3) is 0 Å². The minimum absolute atomic E-state index is 0.0851. The zero-order chi connectivity index (χ0) is 17.7. The summed E-state index contributed by atoms with van der Waals surface area (Å²) >= 11 is 0. The highest BCUT2D eigenvalue weighted by molar-refractivity contribution is 6.78. The van der Waals surface area contributed by atoms with E-state index in [1.165, 1.54) is 26.6 Å². The summed E-state index contributed by atoms with van der Waals surface area (Å²) in [6, 6.07) is -0.549. The lowest BCUT2D eigenvalue weighted by atomic mass is 9.88. The van der Waals surface area contributed by atoms with Crippen molar-refractivity contribution in [1.82, 2.24) is 4.90 Å². The minimum Gasteiger partial charge on any atom is -0.441 e. The molecule has 0 aliphatic carbocycles. The summed E-state index contributed by atoms with van der Waals surface area (Å²) in [4.78, 5) is 25.6. The SMILES string of the molecule is CC(C)[C@@H]1N(C(=O)[C@H](C)C(F)(F)[Si](C)(C)C)C(=O)OC1(C)C. The van der Waals surface area contributed by atoms with Gasteiger partial charge in [0.1, 0.15) is 13.7 Å². The average molecular weight is 335 g/mol. The third kappa shape index (κ3) is 3.05. The molecule has 7 heteroatoms. The van der Waals surface area contributed by atoms with Crippen molar-refractivity contribution in [1.29, 1.82) is 0 Å². The van der Waals surface area contributed by atoms with Crippen molar-refractivity contribution in [2.75, 3.05) is 0 Å². The van der Waals surface area contributed by atoms with Gasteiger partial charge in [0.05, 0.1) is 12.0 Å². The molecule has 0 saturated carbocycles. The fourth-order valence-electron chi connectivity index (χ4n) is 3.10. The van der Waals surface area contributed by atoms with E-state index < -0.39 is 43.2 Å². The van der Waals surface area contributed by atoms with Crippen LogP contribution >= 0.6 is 0 Å². The number of hydrogen-bond acceptors (Lipinski definition) is 3. The van der Waals surface area contributed by atoms with Crippen molar-refractivity contribution in [2.24, 2.45) is 11.8 Å². The molecule has 1 rings (SSSR count). The van der Waals surface area contributed by atoms with Crippen molar-refractivity contribution in [3.05, 3.63) is 0 Å². The normalized spacial score (nSPS) is 23.7. The fourth-order valence-corrected chi connectivity index (χ4v) is 4.52. The highest BCUT2D eigenvalue weighted by Crippen LogP contribution is 2.40. The number of alkyl halides is 2. The number of ether oxygens (including phenoxy) is 1. The Morgan fingerprint density at radius 2 is 1.73 bits per heavy atom. The summed E-state index contributed by atoms with van der Waals surface area (Å²) in [5.41, 5.74) is -3.98. The van der Waals surface area contributed by atoms with Crippen LogP contribution in [0.15, 0.2) is 0 Å². The lowest BCUT2D eigenvalue weighted by Gasteiger charge is -2.36. The molecule has 0 unspecified atom stereocenters. The van der Waals surface area contributed by atoms with Crippen LogP contribution in [-0.4, -0.2) is 42.2 Å². The van der Waals surface area contributed by atoms with Crippen molar-refractivity contribution in [3.8, 4) is 0 Å². The molecule has 0 spiro atoms. The lowest BCUT2D eigenvalue weighted by Crippen LogP contribution is -2.57. The van der Waals surface area contributed by atoms with Gasteiger partial charge in [-0.1, -0.05) is 33.5 Å². The van der Waals surface area contributed by atoms with E-state index in [1.807, 2.05) is 13.8 Å². The van der Waals surface area contributed by atoms with Gasteiger partial charge < -0.3 is 4.74 Å². The smallest absolute Gasteiger partial charge is 0.417 e. The Hall–Kier alpha value is -0.983. The minimum atomic E-state index is -3.10. The summed E-state index contributed by atoms with van der Waals surface area (Å²) in [6.45, 7) is 12.8. The first kappa shape index (κ1) is 19.1. The Kier molecular flexibility index (Phi) is 4.84. The van der Waals surface area contributed by atoms with Gasteiger partial charge in [-0.05, 0) is 26.7 Å². The summed E-state index contributed by atoms with van der Waals surface area (Å²) in [7, 11) is -2.90. The molecule has 1 saturated heterocycles. The number of carbonyl (C=O) groups is 2. The number of rotatable bonds is 4. The maximum absolute atomic E-state index is 14.5. The van der Waals surface area contributed by atoms with Crippen LogP contribution in [-0.2, 0) is 9.53 Å². The predicted octanol–water partition coefficient (Wildman–Crippen LogP) is 3.92. The van der Waals surface area contributed by atoms with E-state index in [9.17, 15) is 18.4 Å². The zero-order valence-corrected chi connectivity index (χ0v) is 15.7. The average Bonchev–Trinajstić information content (AvgIpc) is 2.54. The second-order valence-corrected chi connectivity index (χ2v) is 13.1. The predicted molar refractivity (Wildman–Crippen MR) is 83.5 cm³/mol. The van der Waals surface area contributed by atoms with E-state index in [-0.39, 0.29) is 5.92 Å². The molecule has 1 heterocycles. The van der Waals surface area contributed by atoms with E-state index in [4.69, 9.17) is 4.74 Å². The summed E-state index contributed by atoms with van der Waals surface area (Å²) in [6.07, 6.45) is -0.827. The van der Waals surface area contributed by atoms with Crippen molar-refractivity contribution < 1.29 is 23.1 Å². The van der Waals surface area contributed by atoms with Crippen molar-refractivity contribution in [3.63, 3.8) is 0 Å². The third-order valence-corrected chi connectivity index (χ3v) is 6.75. The van der Waals surface area contributed by atoms with Crippen molar-refractivity contribution >= 4 is 20.1 Å². The van der Waals surface area contributed by atoms with Gasteiger partial charge in [0.15, 0.2) is 0 Å². The largest absolute Gasteiger partial charge is 0.441 e. The van der Waals surface area contributed by atoms with Gasteiger partial charge in [-0.3, -0.25) is 4.79 Å². The van der Waals surface area contributed by atoms with E-state index in [0.29, 0.717) is 0 Å².